The second kappa shape index (κ2) is 9.07. The van der Waals surface area contributed by atoms with E-state index in [1.807, 2.05) is 42.2 Å². The fourth-order valence-corrected chi connectivity index (χ4v) is 3.96. The molecule has 2 N–H and O–H groups in total. The highest BCUT2D eigenvalue weighted by atomic mass is 16.4. The maximum absolute atomic E-state index is 13.3. The molecule has 1 fully saturated rings. The van der Waals surface area contributed by atoms with E-state index in [9.17, 15) is 14.7 Å². The van der Waals surface area contributed by atoms with Crippen molar-refractivity contribution in [3.8, 4) is 0 Å². The van der Waals surface area contributed by atoms with Gasteiger partial charge in [-0.05, 0) is 61.8 Å². The molecule has 1 aliphatic carbocycles. The number of carbonyl (C=O) groups is 2. The van der Waals surface area contributed by atoms with Gasteiger partial charge in [0.25, 0.3) is 0 Å². The second-order valence-electron chi connectivity index (χ2n) is 8.08. The number of hydrogen-bond acceptors (Lipinski definition) is 3. The number of nitrogens with zero attached hydrogens (tertiary/aromatic N) is 2. The molecule has 0 spiro atoms. The molecule has 1 heterocycles. The van der Waals surface area contributed by atoms with Gasteiger partial charge in [-0.25, -0.2) is 9.78 Å². The number of rotatable bonds is 5. The number of nitrogens with one attached hydrogen (secondary N) is 1. The Hall–Kier alpha value is -2.89. The average molecular weight is 396 g/mol. The number of para-hydroxylation sites is 1. The summed E-state index contributed by atoms with van der Waals surface area (Å²) in [7, 11) is 0. The Morgan fingerprint density at radius 3 is 2.38 bits per heavy atom. The van der Waals surface area contributed by atoms with Gasteiger partial charge in [0.2, 0.25) is 0 Å². The summed E-state index contributed by atoms with van der Waals surface area (Å²) in [5, 5.41) is 12.2. The van der Waals surface area contributed by atoms with Gasteiger partial charge in [0.1, 0.15) is 5.82 Å². The van der Waals surface area contributed by atoms with Crippen molar-refractivity contribution in [3.05, 3.63) is 53.7 Å². The van der Waals surface area contributed by atoms with Crippen LogP contribution in [0.4, 0.5) is 16.3 Å². The van der Waals surface area contributed by atoms with Crippen LogP contribution < -0.4 is 10.2 Å². The molecule has 29 heavy (non-hydrogen) atoms. The van der Waals surface area contributed by atoms with Gasteiger partial charge in [-0.1, -0.05) is 38.1 Å². The molecular weight excluding hydrogens is 366 g/mol. The SMILES string of the molecule is Cc1ccc(NC(=O)N(c2ccccc2C(C)C)C2CCC(C(=O)O)CC2)nc1. The largest absolute Gasteiger partial charge is 0.481 e. The summed E-state index contributed by atoms with van der Waals surface area (Å²) in [6.45, 7) is 6.17. The van der Waals surface area contributed by atoms with E-state index in [2.05, 4.69) is 24.1 Å². The van der Waals surface area contributed by atoms with Crippen LogP contribution in [0.1, 0.15) is 56.6 Å². The van der Waals surface area contributed by atoms with Crippen molar-refractivity contribution in [2.45, 2.75) is 58.4 Å². The van der Waals surface area contributed by atoms with Crippen LogP contribution in [0.25, 0.3) is 0 Å². The number of pyridine rings is 1. The van der Waals surface area contributed by atoms with Crippen molar-refractivity contribution in [1.29, 1.82) is 0 Å². The molecule has 1 aromatic carbocycles. The highest BCUT2D eigenvalue weighted by Crippen LogP contribution is 2.35. The molecule has 0 saturated heterocycles. The molecule has 1 saturated carbocycles. The average Bonchev–Trinajstić information content (AvgIpc) is 2.70. The van der Waals surface area contributed by atoms with Crippen LogP contribution in [0.2, 0.25) is 0 Å². The first-order valence-corrected chi connectivity index (χ1v) is 10.2. The normalized spacial score (nSPS) is 19.0. The zero-order chi connectivity index (χ0) is 21.0. The van der Waals surface area contributed by atoms with Crippen molar-refractivity contribution in [3.63, 3.8) is 0 Å². The van der Waals surface area contributed by atoms with Crippen LogP contribution in [-0.4, -0.2) is 28.1 Å². The molecule has 0 aliphatic heterocycles. The third kappa shape index (κ3) is 4.94. The lowest BCUT2D eigenvalue weighted by molar-refractivity contribution is -0.142. The van der Waals surface area contributed by atoms with Crippen LogP contribution in [0.3, 0.4) is 0 Å². The molecule has 2 amide bonds. The van der Waals surface area contributed by atoms with Crippen LogP contribution in [0, 0.1) is 12.8 Å². The Balaban J connectivity index is 1.90. The number of aromatic nitrogens is 1. The van der Waals surface area contributed by atoms with Crippen LogP contribution in [0.5, 0.6) is 0 Å². The van der Waals surface area contributed by atoms with Gasteiger partial charge in [-0.3, -0.25) is 15.0 Å². The third-order valence-corrected chi connectivity index (χ3v) is 5.59. The summed E-state index contributed by atoms with van der Waals surface area (Å²) >= 11 is 0. The number of urea groups is 1. The number of hydrogen-bond donors (Lipinski definition) is 2. The predicted molar refractivity (Wildman–Crippen MR) is 114 cm³/mol. The van der Waals surface area contributed by atoms with E-state index in [1.54, 1.807) is 12.3 Å². The maximum Gasteiger partial charge on any atom is 0.327 e. The standard InChI is InChI=1S/C23H29N3O3/c1-15(2)19-6-4-5-7-20(19)26(18-11-9-17(10-12-18)22(27)28)23(29)25-21-13-8-16(3)14-24-21/h4-8,13-15,17-18H,9-12H2,1-3H3,(H,27,28)(H,24,25,29). The Morgan fingerprint density at radius 2 is 1.79 bits per heavy atom. The molecular formula is C23H29N3O3. The van der Waals surface area contributed by atoms with Gasteiger partial charge in [0, 0.05) is 17.9 Å². The number of aryl methyl sites for hydroxylation is 1. The molecule has 0 bridgehead atoms. The summed E-state index contributed by atoms with van der Waals surface area (Å²) in [5.41, 5.74) is 3.00. The molecule has 6 nitrogen and oxygen atoms in total. The zero-order valence-corrected chi connectivity index (χ0v) is 17.3. The number of benzene rings is 1. The van der Waals surface area contributed by atoms with E-state index in [4.69, 9.17) is 0 Å². The Morgan fingerprint density at radius 1 is 1.10 bits per heavy atom. The smallest absolute Gasteiger partial charge is 0.327 e. The lowest BCUT2D eigenvalue weighted by atomic mass is 9.85. The summed E-state index contributed by atoms with van der Waals surface area (Å²) < 4.78 is 0. The Labute approximate surface area is 172 Å². The molecule has 3 rings (SSSR count). The van der Waals surface area contributed by atoms with Gasteiger partial charge < -0.3 is 5.11 Å². The molecule has 1 aromatic heterocycles. The quantitative estimate of drug-likeness (QED) is 0.729. The van der Waals surface area contributed by atoms with E-state index >= 15 is 0 Å². The number of carboxylic acid groups (broad SMARTS) is 1. The third-order valence-electron chi connectivity index (χ3n) is 5.59. The van der Waals surface area contributed by atoms with Gasteiger partial charge in [-0.15, -0.1) is 0 Å². The summed E-state index contributed by atoms with van der Waals surface area (Å²) in [5.74, 6) is -0.303. The van der Waals surface area contributed by atoms with Crippen molar-refractivity contribution in [2.24, 2.45) is 5.92 Å². The van der Waals surface area contributed by atoms with E-state index in [0.29, 0.717) is 31.5 Å². The topological polar surface area (TPSA) is 82.5 Å². The van der Waals surface area contributed by atoms with Crippen molar-refractivity contribution in [1.82, 2.24) is 4.98 Å². The van der Waals surface area contributed by atoms with Crippen LogP contribution >= 0.6 is 0 Å². The molecule has 2 aromatic rings. The first kappa shape index (κ1) is 20.8. The van der Waals surface area contributed by atoms with E-state index in [-0.39, 0.29) is 23.9 Å². The number of anilines is 2. The zero-order valence-electron chi connectivity index (χ0n) is 17.3. The van der Waals surface area contributed by atoms with E-state index in [0.717, 1.165) is 16.8 Å². The Kier molecular flexibility index (Phi) is 6.52. The van der Waals surface area contributed by atoms with Crippen LogP contribution in [0.15, 0.2) is 42.6 Å². The predicted octanol–water partition coefficient (Wildman–Crippen LogP) is 5.20. The number of aliphatic carboxylic acids is 1. The molecule has 0 unspecified atom stereocenters. The van der Waals surface area contributed by atoms with Gasteiger partial charge in [-0.2, -0.15) is 0 Å². The van der Waals surface area contributed by atoms with Crippen molar-refractivity contribution in [2.75, 3.05) is 10.2 Å². The molecule has 154 valence electrons. The fourth-order valence-electron chi connectivity index (χ4n) is 3.96. The lowest BCUT2D eigenvalue weighted by Crippen LogP contribution is -2.46. The fraction of sp³-hybridized carbons (Fsp3) is 0.435. The van der Waals surface area contributed by atoms with Gasteiger partial charge in [0.15, 0.2) is 0 Å². The highest BCUT2D eigenvalue weighted by Gasteiger charge is 2.33. The lowest BCUT2D eigenvalue weighted by Gasteiger charge is -2.37. The summed E-state index contributed by atoms with van der Waals surface area (Å²) in [6.07, 6.45) is 4.21. The molecule has 1 aliphatic rings. The van der Waals surface area contributed by atoms with Gasteiger partial charge in [0.05, 0.1) is 5.92 Å². The van der Waals surface area contributed by atoms with Gasteiger partial charge >= 0.3 is 12.0 Å². The number of carbonyl (C=O) groups excluding carboxylic acids is 1. The van der Waals surface area contributed by atoms with Crippen molar-refractivity contribution < 1.29 is 14.7 Å². The minimum absolute atomic E-state index is 0.0454. The van der Waals surface area contributed by atoms with Crippen LogP contribution in [-0.2, 0) is 4.79 Å². The number of carboxylic acids is 1. The maximum atomic E-state index is 13.3. The minimum Gasteiger partial charge on any atom is -0.481 e. The molecule has 6 heteroatoms. The summed E-state index contributed by atoms with van der Waals surface area (Å²) in [6, 6.07) is 11.4. The summed E-state index contributed by atoms with van der Waals surface area (Å²) in [4.78, 5) is 30.8. The second-order valence-corrected chi connectivity index (χ2v) is 8.08. The number of amides is 2. The Bertz CT molecular complexity index is 856. The van der Waals surface area contributed by atoms with E-state index < -0.39 is 5.97 Å². The first-order valence-electron chi connectivity index (χ1n) is 10.2. The highest BCUT2D eigenvalue weighted by molar-refractivity contribution is 6.02. The molecule has 0 radical (unpaired) electrons. The molecule has 0 atom stereocenters. The van der Waals surface area contributed by atoms with E-state index in [1.165, 1.54) is 0 Å². The van der Waals surface area contributed by atoms with Crippen molar-refractivity contribution >= 4 is 23.5 Å². The minimum atomic E-state index is -0.745. The monoisotopic (exact) mass is 395 g/mol. The first-order chi connectivity index (χ1) is 13.9.